The van der Waals surface area contributed by atoms with E-state index in [2.05, 4.69) is 95.9 Å². The minimum Gasteiger partial charge on any atom is -0.457 e. The van der Waals surface area contributed by atoms with Crippen LogP contribution < -0.4 is 19.1 Å². The second-order valence-corrected chi connectivity index (χ2v) is 14.9. The van der Waals surface area contributed by atoms with E-state index in [0.717, 1.165) is 69.3 Å². The summed E-state index contributed by atoms with van der Waals surface area (Å²) < 4.78 is 18.4. The second-order valence-electron chi connectivity index (χ2n) is 14.9. The molecule has 0 heterocycles. The Morgan fingerprint density at radius 3 is 0.781 bits per heavy atom. The summed E-state index contributed by atoms with van der Waals surface area (Å²) in [6, 6.07) is 70.3. The van der Waals surface area contributed by atoms with Crippen LogP contribution >= 0.6 is 0 Å². The molecular formula is C57H39NO6. The topological polar surface area (TPSA) is 82.1 Å². The molecule has 0 fully saturated rings. The van der Waals surface area contributed by atoms with E-state index in [9.17, 15) is 14.4 Å². The van der Waals surface area contributed by atoms with Crippen LogP contribution in [0.15, 0.2) is 218 Å². The van der Waals surface area contributed by atoms with Crippen molar-refractivity contribution >= 4 is 35.9 Å². The molecule has 0 spiro atoms. The van der Waals surface area contributed by atoms with E-state index in [1.807, 2.05) is 54.6 Å². The number of aldehydes is 3. The zero-order valence-corrected chi connectivity index (χ0v) is 34.4. The Bertz CT molecular complexity index is 2700. The SMILES string of the molecule is O=Cc1ccc(Oc2cccc(-c3ccc(N(c4ccc(-c5cccc(Oc6ccc(C=O)cc6)c5)cc4)c4ccc(-c5cccc(Oc6ccc(C=O)cc6)c5)cc4)cc3)c2)cc1. The van der Waals surface area contributed by atoms with Crippen LogP contribution in [0.25, 0.3) is 33.4 Å². The summed E-state index contributed by atoms with van der Waals surface area (Å²) in [5, 5.41) is 0. The van der Waals surface area contributed by atoms with Gasteiger partial charge in [0.15, 0.2) is 0 Å². The average molecular weight is 834 g/mol. The normalized spacial score (nSPS) is 10.7. The summed E-state index contributed by atoms with van der Waals surface area (Å²) in [6.45, 7) is 0. The highest BCUT2D eigenvalue weighted by molar-refractivity contribution is 5.82. The number of ether oxygens (including phenoxy) is 3. The molecule has 0 N–H and O–H groups in total. The van der Waals surface area contributed by atoms with Gasteiger partial charge in [-0.3, -0.25) is 14.4 Å². The predicted molar refractivity (Wildman–Crippen MR) is 253 cm³/mol. The van der Waals surface area contributed by atoms with Crippen LogP contribution in [0.2, 0.25) is 0 Å². The fourth-order valence-electron chi connectivity index (χ4n) is 7.33. The minimum atomic E-state index is 0.593. The van der Waals surface area contributed by atoms with Gasteiger partial charge in [0.25, 0.3) is 0 Å². The van der Waals surface area contributed by atoms with Crippen molar-refractivity contribution in [2.75, 3.05) is 4.90 Å². The van der Waals surface area contributed by atoms with Crippen molar-refractivity contribution < 1.29 is 28.6 Å². The second kappa shape index (κ2) is 18.8. The smallest absolute Gasteiger partial charge is 0.150 e. The summed E-state index contributed by atoms with van der Waals surface area (Å²) in [6.07, 6.45) is 2.44. The van der Waals surface area contributed by atoms with Gasteiger partial charge in [0.1, 0.15) is 53.4 Å². The molecule has 7 heteroatoms. The zero-order valence-electron chi connectivity index (χ0n) is 34.4. The van der Waals surface area contributed by atoms with Crippen LogP contribution in [-0.4, -0.2) is 18.9 Å². The molecule has 9 rings (SSSR count). The summed E-state index contributed by atoms with van der Waals surface area (Å²) in [5.74, 6) is 4.03. The fourth-order valence-corrected chi connectivity index (χ4v) is 7.33. The van der Waals surface area contributed by atoms with E-state index in [4.69, 9.17) is 14.2 Å². The Morgan fingerprint density at radius 1 is 0.266 bits per heavy atom. The minimum absolute atomic E-state index is 0.593. The molecule has 0 saturated heterocycles. The first-order valence-electron chi connectivity index (χ1n) is 20.6. The van der Waals surface area contributed by atoms with Crippen LogP contribution in [0.5, 0.6) is 34.5 Å². The largest absolute Gasteiger partial charge is 0.457 e. The third-order valence-electron chi connectivity index (χ3n) is 10.6. The molecule has 0 aliphatic heterocycles. The van der Waals surface area contributed by atoms with Crippen molar-refractivity contribution in [1.29, 1.82) is 0 Å². The first-order chi connectivity index (χ1) is 31.5. The molecule has 0 radical (unpaired) electrons. The Balaban J connectivity index is 1.00. The number of carbonyl (C=O) groups is 3. The van der Waals surface area contributed by atoms with E-state index < -0.39 is 0 Å². The summed E-state index contributed by atoms with van der Waals surface area (Å²) in [5.41, 5.74) is 10.8. The molecule has 7 nitrogen and oxygen atoms in total. The van der Waals surface area contributed by atoms with Gasteiger partial charge in [-0.15, -0.1) is 0 Å². The van der Waals surface area contributed by atoms with Gasteiger partial charge in [-0.2, -0.15) is 0 Å². The van der Waals surface area contributed by atoms with Gasteiger partial charge in [-0.1, -0.05) is 72.8 Å². The highest BCUT2D eigenvalue weighted by Gasteiger charge is 2.15. The molecule has 9 aromatic carbocycles. The Kier molecular flexibility index (Phi) is 12.0. The van der Waals surface area contributed by atoms with Gasteiger partial charge in [-0.25, -0.2) is 0 Å². The summed E-state index contributed by atoms with van der Waals surface area (Å²) in [7, 11) is 0. The summed E-state index contributed by atoms with van der Waals surface area (Å²) >= 11 is 0. The van der Waals surface area contributed by atoms with Gasteiger partial charge >= 0.3 is 0 Å². The molecule has 0 bridgehead atoms. The maximum Gasteiger partial charge on any atom is 0.150 e. The van der Waals surface area contributed by atoms with Gasteiger partial charge < -0.3 is 19.1 Å². The first-order valence-corrected chi connectivity index (χ1v) is 20.6. The number of benzene rings is 9. The maximum atomic E-state index is 11.1. The molecule has 308 valence electrons. The number of carbonyl (C=O) groups excluding carboxylic acids is 3. The molecule has 0 saturated carbocycles. The Morgan fingerprint density at radius 2 is 0.531 bits per heavy atom. The molecule has 0 atom stereocenters. The molecular weight excluding hydrogens is 795 g/mol. The number of nitrogens with zero attached hydrogens (tertiary/aromatic N) is 1. The van der Waals surface area contributed by atoms with Crippen molar-refractivity contribution in [3.05, 3.63) is 235 Å². The number of hydrogen-bond donors (Lipinski definition) is 0. The van der Waals surface area contributed by atoms with Crippen LogP contribution in [0.4, 0.5) is 17.1 Å². The van der Waals surface area contributed by atoms with Gasteiger partial charge in [0.05, 0.1) is 0 Å². The Labute approximate surface area is 371 Å². The average Bonchev–Trinajstić information content (AvgIpc) is 3.36. The monoisotopic (exact) mass is 833 g/mol. The van der Waals surface area contributed by atoms with Crippen LogP contribution in [0.3, 0.4) is 0 Å². The number of hydrogen-bond acceptors (Lipinski definition) is 7. The molecule has 9 aromatic rings. The molecule has 64 heavy (non-hydrogen) atoms. The lowest BCUT2D eigenvalue weighted by Gasteiger charge is -2.26. The molecule has 0 unspecified atom stereocenters. The van der Waals surface area contributed by atoms with Crippen LogP contribution in [0, 0.1) is 0 Å². The molecule has 0 aliphatic rings. The standard InChI is InChI=1S/C57H39NO6/c59-37-40-10-28-52(29-11-40)62-55-7-1-4-46(34-55)43-16-22-49(23-17-43)58(50-24-18-44(19-25-50)47-5-2-8-56(35-47)63-53-30-12-41(38-60)13-31-53)51-26-20-45(21-27-51)48-6-3-9-57(36-48)64-54-32-14-42(39-61)15-33-54/h1-39H. The van der Waals surface area contributed by atoms with Crippen molar-refractivity contribution in [2.45, 2.75) is 0 Å². The van der Waals surface area contributed by atoms with E-state index >= 15 is 0 Å². The maximum absolute atomic E-state index is 11.1. The van der Waals surface area contributed by atoms with Gasteiger partial charge in [0, 0.05) is 33.8 Å². The molecule has 0 aromatic heterocycles. The third kappa shape index (κ3) is 9.55. The number of anilines is 3. The third-order valence-corrected chi connectivity index (χ3v) is 10.6. The summed E-state index contributed by atoms with van der Waals surface area (Å²) in [4.78, 5) is 35.6. The fraction of sp³-hybridized carbons (Fsp3) is 0. The van der Waals surface area contributed by atoms with Gasteiger partial charge in [0.2, 0.25) is 0 Å². The lowest BCUT2D eigenvalue weighted by molar-refractivity contribution is 0.111. The highest BCUT2D eigenvalue weighted by atomic mass is 16.5. The van der Waals surface area contributed by atoms with Crippen molar-refractivity contribution in [3.8, 4) is 67.9 Å². The quantitative estimate of drug-likeness (QED) is 0.0951. The lowest BCUT2D eigenvalue weighted by atomic mass is 10.0. The molecule has 0 aliphatic carbocycles. The van der Waals surface area contributed by atoms with E-state index in [0.29, 0.717) is 51.2 Å². The first kappa shape index (κ1) is 40.6. The van der Waals surface area contributed by atoms with Crippen molar-refractivity contribution in [1.82, 2.24) is 0 Å². The predicted octanol–water partition coefficient (Wildman–Crippen LogP) is 15.0. The highest BCUT2D eigenvalue weighted by Crippen LogP contribution is 2.39. The number of rotatable bonds is 15. The Hall–Kier alpha value is -8.81. The molecule has 0 amide bonds. The van der Waals surface area contributed by atoms with E-state index in [1.54, 1.807) is 72.8 Å². The van der Waals surface area contributed by atoms with Crippen LogP contribution in [-0.2, 0) is 0 Å². The van der Waals surface area contributed by atoms with Gasteiger partial charge in [-0.05, 0) is 179 Å². The van der Waals surface area contributed by atoms with E-state index in [1.165, 1.54) is 0 Å². The van der Waals surface area contributed by atoms with Crippen LogP contribution in [0.1, 0.15) is 31.1 Å². The zero-order chi connectivity index (χ0) is 43.7. The van der Waals surface area contributed by atoms with Crippen molar-refractivity contribution in [2.24, 2.45) is 0 Å². The van der Waals surface area contributed by atoms with E-state index in [-0.39, 0.29) is 0 Å². The van der Waals surface area contributed by atoms with Crippen molar-refractivity contribution in [3.63, 3.8) is 0 Å². The lowest BCUT2D eigenvalue weighted by Crippen LogP contribution is -2.09.